The molecule has 4 N–H and O–H groups in total. The molecule has 0 saturated carbocycles. The van der Waals surface area contributed by atoms with Crippen molar-refractivity contribution in [1.82, 2.24) is 0 Å². The number of carboxylic acid groups (broad SMARTS) is 4. The van der Waals surface area contributed by atoms with Crippen LogP contribution >= 0.6 is 47.0 Å². The molecule has 1 heterocycles. The van der Waals surface area contributed by atoms with Gasteiger partial charge in [-0.2, -0.15) is 0 Å². The first-order valence-corrected chi connectivity index (χ1v) is 16.4. The molecule has 1 aliphatic rings. The van der Waals surface area contributed by atoms with Gasteiger partial charge < -0.3 is 20.4 Å². The number of hydrogen-bond donors (Lipinski definition) is 4. The van der Waals surface area contributed by atoms with Crippen LogP contribution in [0.1, 0.15) is 22.3 Å². The minimum absolute atomic E-state index is 0.292. The number of rotatable bonds is 8. The molecule has 0 aromatic heterocycles. The molecule has 44 heavy (non-hydrogen) atoms. The molecular weight excluding hydrogens is 641 g/mol. The fraction of sp³-hybridized carbons (Fsp3) is 0.125. The average molecular weight is 665 g/mol. The van der Waals surface area contributed by atoms with Gasteiger partial charge in [-0.25, -0.2) is 0 Å². The zero-order valence-corrected chi connectivity index (χ0v) is 26.1. The Morgan fingerprint density at radius 3 is 0.659 bits per heavy atom. The van der Waals surface area contributed by atoms with Crippen molar-refractivity contribution in [3.63, 3.8) is 0 Å². The van der Waals surface area contributed by atoms with E-state index in [1.54, 1.807) is 72.8 Å². The number of aliphatic carboxylic acids is 4. The maximum Gasteiger partial charge on any atom is 0.307 e. The highest BCUT2D eigenvalue weighted by molar-refractivity contribution is 8.01. The summed E-state index contributed by atoms with van der Waals surface area (Å²) in [4.78, 5) is 53.2. The maximum absolute atomic E-state index is 12.0. The Hall–Kier alpha value is -3.84. The van der Waals surface area contributed by atoms with Crippen LogP contribution in [0.2, 0.25) is 0 Å². The summed E-state index contributed by atoms with van der Waals surface area (Å²) in [7, 11) is 0. The van der Waals surface area contributed by atoms with Crippen LogP contribution in [-0.2, 0) is 44.9 Å². The van der Waals surface area contributed by atoms with Gasteiger partial charge in [-0.05, 0) is 70.8 Å². The Balaban J connectivity index is 1.80. The topological polar surface area (TPSA) is 149 Å². The minimum atomic E-state index is -1.04. The molecule has 0 radical (unpaired) electrons. The summed E-state index contributed by atoms with van der Waals surface area (Å²) in [6.45, 7) is 0. The van der Waals surface area contributed by atoms with Gasteiger partial charge in [0.15, 0.2) is 0 Å². The first-order valence-electron chi connectivity index (χ1n) is 13.1. The second-order valence-electron chi connectivity index (χ2n) is 9.62. The summed E-state index contributed by atoms with van der Waals surface area (Å²) in [6, 6.07) is 21.5. The van der Waals surface area contributed by atoms with Crippen LogP contribution in [0.15, 0.2) is 112 Å². The van der Waals surface area contributed by atoms with Crippen LogP contribution in [0.5, 0.6) is 0 Å². The molecule has 0 spiro atoms. The molecule has 1 aliphatic heterocycles. The molecule has 12 heteroatoms. The van der Waals surface area contributed by atoms with Gasteiger partial charge in [-0.1, -0.05) is 71.3 Å². The third kappa shape index (κ3) is 7.44. The van der Waals surface area contributed by atoms with E-state index in [0.717, 1.165) is 0 Å². The molecule has 8 bridgehead atoms. The van der Waals surface area contributed by atoms with Crippen LogP contribution in [0.25, 0.3) is 0 Å². The van der Waals surface area contributed by atoms with E-state index in [1.165, 1.54) is 47.0 Å². The first-order chi connectivity index (χ1) is 21.1. The zero-order chi connectivity index (χ0) is 31.4. The normalized spacial score (nSPS) is 12.4. The second-order valence-corrected chi connectivity index (χ2v) is 14.0. The fourth-order valence-electron chi connectivity index (χ4n) is 4.72. The predicted octanol–water partition coefficient (Wildman–Crippen LogP) is 7.11. The first kappa shape index (κ1) is 31.6. The molecule has 0 aliphatic carbocycles. The van der Waals surface area contributed by atoms with E-state index < -0.39 is 23.9 Å². The minimum Gasteiger partial charge on any atom is -0.481 e. The van der Waals surface area contributed by atoms with Gasteiger partial charge in [-0.15, -0.1) is 0 Å². The maximum atomic E-state index is 12.0. The van der Waals surface area contributed by atoms with Crippen molar-refractivity contribution in [3.8, 4) is 0 Å². The highest BCUT2D eigenvalue weighted by Crippen LogP contribution is 2.47. The second kappa shape index (κ2) is 13.9. The molecule has 4 aromatic carbocycles. The zero-order valence-electron chi connectivity index (χ0n) is 22.8. The number of benzene rings is 4. The Morgan fingerprint density at radius 1 is 0.364 bits per heavy atom. The Bertz CT molecular complexity index is 1460. The third-order valence-electron chi connectivity index (χ3n) is 6.55. The summed E-state index contributed by atoms with van der Waals surface area (Å²) in [5.41, 5.74) is 2.15. The molecule has 5 rings (SSSR count). The number of carbonyl (C=O) groups is 4. The van der Waals surface area contributed by atoms with Gasteiger partial charge in [0.2, 0.25) is 0 Å². The summed E-state index contributed by atoms with van der Waals surface area (Å²) < 4.78 is 0. The molecule has 0 amide bonds. The molecule has 0 atom stereocenters. The monoisotopic (exact) mass is 664 g/mol. The van der Waals surface area contributed by atoms with Crippen LogP contribution in [-0.4, -0.2) is 44.3 Å². The molecule has 4 aromatic rings. The summed E-state index contributed by atoms with van der Waals surface area (Å²) >= 11 is 5.09. The van der Waals surface area contributed by atoms with Crippen molar-refractivity contribution in [2.45, 2.75) is 64.8 Å². The standard InChI is InChI=1S/C32H24O8S4/c33-29(34)13-17-21-5-1-6-22(17)42-24-8-3-10-26(19(24)15-31(37)38)44-28-12-4-11-27(20(28)16-32(39)40)43-25-9-2-7-23(41-21)18(25)14-30(35)36/h1-12H,13-16H2,(H,33,34)(H,35,36)(H,37,38)(H,39,40). The summed E-state index contributed by atoms with van der Waals surface area (Å²) in [5.74, 6) is -4.15. The van der Waals surface area contributed by atoms with E-state index in [2.05, 4.69) is 0 Å². The largest absolute Gasteiger partial charge is 0.481 e. The third-order valence-corrected chi connectivity index (χ3v) is 11.4. The van der Waals surface area contributed by atoms with Gasteiger partial charge in [-0.3, -0.25) is 19.2 Å². The van der Waals surface area contributed by atoms with E-state index in [-0.39, 0.29) is 25.7 Å². The van der Waals surface area contributed by atoms with E-state index >= 15 is 0 Å². The fourth-order valence-corrected chi connectivity index (χ4v) is 9.54. The van der Waals surface area contributed by atoms with Gasteiger partial charge in [0.1, 0.15) is 0 Å². The van der Waals surface area contributed by atoms with E-state index in [1.807, 2.05) is 0 Å². The molecule has 0 unspecified atom stereocenters. The predicted molar refractivity (Wildman–Crippen MR) is 168 cm³/mol. The Morgan fingerprint density at radius 2 is 0.523 bits per heavy atom. The lowest BCUT2D eigenvalue weighted by atomic mass is 10.1. The van der Waals surface area contributed by atoms with E-state index in [9.17, 15) is 39.6 Å². The lowest BCUT2D eigenvalue weighted by Gasteiger charge is -2.20. The smallest absolute Gasteiger partial charge is 0.307 e. The highest BCUT2D eigenvalue weighted by Gasteiger charge is 2.23. The summed E-state index contributed by atoms with van der Waals surface area (Å²) in [5, 5.41) is 39.4. The quantitative estimate of drug-likeness (QED) is 0.134. The molecule has 0 fully saturated rings. The van der Waals surface area contributed by atoms with Crippen molar-refractivity contribution in [1.29, 1.82) is 0 Å². The van der Waals surface area contributed by atoms with E-state index in [4.69, 9.17) is 0 Å². The molecule has 8 nitrogen and oxygen atoms in total. The van der Waals surface area contributed by atoms with Crippen molar-refractivity contribution in [3.05, 3.63) is 95.1 Å². The molecule has 224 valence electrons. The van der Waals surface area contributed by atoms with Crippen LogP contribution < -0.4 is 0 Å². The highest BCUT2D eigenvalue weighted by atomic mass is 32.2. The van der Waals surface area contributed by atoms with Gasteiger partial charge in [0.05, 0.1) is 25.7 Å². The van der Waals surface area contributed by atoms with Crippen LogP contribution in [0.4, 0.5) is 0 Å². The van der Waals surface area contributed by atoms with Crippen molar-refractivity contribution >= 4 is 70.9 Å². The number of hydrogen-bond acceptors (Lipinski definition) is 8. The van der Waals surface area contributed by atoms with Crippen molar-refractivity contribution < 1.29 is 39.6 Å². The molecule has 0 saturated heterocycles. The lowest BCUT2D eigenvalue weighted by molar-refractivity contribution is -0.137. The van der Waals surface area contributed by atoms with E-state index in [0.29, 0.717) is 61.4 Å². The SMILES string of the molecule is O=C(O)Cc1c2cccc1Sc1cccc(c1CC(=O)O)Sc1cccc(c1CC(=O)O)Sc1cccc(c1CC(=O)O)S2. The van der Waals surface area contributed by atoms with Crippen molar-refractivity contribution in [2.75, 3.05) is 0 Å². The average Bonchev–Trinajstić information content (AvgIpc) is 2.94. The van der Waals surface area contributed by atoms with Crippen LogP contribution in [0.3, 0.4) is 0 Å². The Labute approximate surface area is 269 Å². The van der Waals surface area contributed by atoms with Gasteiger partial charge in [0.25, 0.3) is 0 Å². The number of fused-ring (bicyclic) bond motifs is 8. The lowest BCUT2D eigenvalue weighted by Crippen LogP contribution is -2.07. The van der Waals surface area contributed by atoms with Crippen molar-refractivity contribution in [2.24, 2.45) is 0 Å². The number of carboxylic acids is 4. The Kier molecular flexibility index (Phi) is 9.94. The molecular formula is C32H24O8S4. The van der Waals surface area contributed by atoms with Gasteiger partial charge >= 0.3 is 23.9 Å². The van der Waals surface area contributed by atoms with Gasteiger partial charge in [0, 0.05) is 39.2 Å². The van der Waals surface area contributed by atoms with Crippen LogP contribution in [0, 0.1) is 0 Å². The summed E-state index contributed by atoms with van der Waals surface area (Å²) in [6.07, 6.45) is -1.17.